The molecule has 1 aliphatic carbocycles. The number of anilines is 2. The first-order valence-corrected chi connectivity index (χ1v) is 10.9. The van der Waals surface area contributed by atoms with Crippen LogP contribution in [0.2, 0.25) is 0 Å². The monoisotopic (exact) mass is 394 g/mol. The lowest BCUT2D eigenvalue weighted by atomic mass is 9.84. The van der Waals surface area contributed by atoms with Crippen LogP contribution in [0.4, 0.5) is 11.5 Å². The van der Waals surface area contributed by atoms with Gasteiger partial charge >= 0.3 is 0 Å². The summed E-state index contributed by atoms with van der Waals surface area (Å²) < 4.78 is 0. The fourth-order valence-electron chi connectivity index (χ4n) is 3.94. The lowest BCUT2D eigenvalue weighted by Gasteiger charge is -2.23. The summed E-state index contributed by atoms with van der Waals surface area (Å²) in [5.74, 6) is 1.86. The zero-order chi connectivity index (χ0) is 20.6. The number of benzene rings is 1. The number of aromatic nitrogens is 1. The van der Waals surface area contributed by atoms with Crippen molar-refractivity contribution in [3.05, 3.63) is 42.0 Å². The van der Waals surface area contributed by atoms with E-state index in [-0.39, 0.29) is 5.91 Å². The number of likely N-dealkylation sites (N-methyl/N-ethyl adjacent to an activating group) is 1. The molecule has 0 aliphatic heterocycles. The van der Waals surface area contributed by atoms with Gasteiger partial charge in [0.1, 0.15) is 5.82 Å². The fourth-order valence-corrected chi connectivity index (χ4v) is 3.94. The highest BCUT2D eigenvalue weighted by Gasteiger charge is 2.19. The minimum Gasteiger partial charge on any atom is -0.369 e. The Morgan fingerprint density at radius 3 is 2.86 bits per heavy atom. The summed E-state index contributed by atoms with van der Waals surface area (Å²) in [6.07, 6.45) is 6.34. The molecule has 0 radical (unpaired) electrons. The predicted molar refractivity (Wildman–Crippen MR) is 122 cm³/mol. The van der Waals surface area contributed by atoms with Crippen LogP contribution < -0.4 is 16.0 Å². The van der Waals surface area contributed by atoms with Crippen molar-refractivity contribution in [2.24, 2.45) is 11.8 Å². The molecule has 1 aliphatic rings. The van der Waals surface area contributed by atoms with Gasteiger partial charge in [-0.3, -0.25) is 4.79 Å². The van der Waals surface area contributed by atoms with Crippen LogP contribution in [0.1, 0.15) is 46.5 Å². The molecule has 156 valence electrons. The van der Waals surface area contributed by atoms with Gasteiger partial charge in [-0.2, -0.15) is 0 Å². The Morgan fingerprint density at radius 2 is 2.07 bits per heavy atom. The van der Waals surface area contributed by atoms with Crippen molar-refractivity contribution >= 4 is 28.3 Å². The number of hydrogen-bond acceptors (Lipinski definition) is 4. The summed E-state index contributed by atoms with van der Waals surface area (Å²) in [5, 5.41) is 10.7. The van der Waals surface area contributed by atoms with E-state index >= 15 is 0 Å². The van der Waals surface area contributed by atoms with E-state index in [1.54, 1.807) is 0 Å². The molecule has 29 heavy (non-hydrogen) atoms. The van der Waals surface area contributed by atoms with Crippen LogP contribution in [0, 0.1) is 11.8 Å². The van der Waals surface area contributed by atoms with Crippen molar-refractivity contribution in [3.63, 3.8) is 0 Å². The van der Waals surface area contributed by atoms with Crippen LogP contribution in [-0.4, -0.2) is 30.5 Å². The van der Waals surface area contributed by atoms with Gasteiger partial charge in [-0.1, -0.05) is 38.5 Å². The maximum Gasteiger partial charge on any atom is 0.224 e. The Bertz CT molecular complexity index is 859. The number of nitrogens with one attached hydrogen (secondary N) is 3. The number of amides is 1. The summed E-state index contributed by atoms with van der Waals surface area (Å²) in [6.45, 7) is 9.27. The number of rotatable bonds is 9. The lowest BCUT2D eigenvalue weighted by Crippen LogP contribution is -2.21. The average Bonchev–Trinajstić information content (AvgIpc) is 2.71. The number of fused-ring (bicyclic) bond motifs is 1. The lowest BCUT2D eigenvalue weighted by molar-refractivity contribution is -0.116. The van der Waals surface area contributed by atoms with Gasteiger partial charge in [0, 0.05) is 24.9 Å². The Hall–Kier alpha value is -2.40. The highest BCUT2D eigenvalue weighted by molar-refractivity contribution is 6.01. The van der Waals surface area contributed by atoms with Crippen LogP contribution in [0.5, 0.6) is 0 Å². The van der Waals surface area contributed by atoms with Gasteiger partial charge in [0.2, 0.25) is 5.91 Å². The van der Waals surface area contributed by atoms with Gasteiger partial charge < -0.3 is 16.0 Å². The van der Waals surface area contributed by atoms with Crippen molar-refractivity contribution < 1.29 is 4.79 Å². The van der Waals surface area contributed by atoms with Crippen LogP contribution in [0.3, 0.4) is 0 Å². The summed E-state index contributed by atoms with van der Waals surface area (Å²) in [7, 11) is 0. The molecule has 1 aromatic carbocycles. The maximum absolute atomic E-state index is 12.7. The first kappa shape index (κ1) is 21.3. The zero-order valence-corrected chi connectivity index (χ0v) is 17.9. The predicted octanol–water partition coefficient (Wildman–Crippen LogP) is 4.97. The Balaban J connectivity index is 1.65. The van der Waals surface area contributed by atoms with Gasteiger partial charge in [-0.05, 0) is 61.9 Å². The number of pyridine rings is 1. The van der Waals surface area contributed by atoms with E-state index in [2.05, 4.69) is 47.8 Å². The van der Waals surface area contributed by atoms with Gasteiger partial charge in [-0.15, -0.1) is 0 Å². The molecule has 3 rings (SSSR count). The quantitative estimate of drug-likeness (QED) is 0.415. The molecule has 1 amide bonds. The van der Waals surface area contributed by atoms with Gasteiger partial charge in [0.05, 0.1) is 11.2 Å². The summed E-state index contributed by atoms with van der Waals surface area (Å²) in [6, 6.07) is 9.90. The van der Waals surface area contributed by atoms with E-state index in [1.165, 1.54) is 18.4 Å². The molecule has 1 unspecified atom stereocenters. The number of carbonyl (C=O) groups excluding carboxylic acids is 1. The van der Waals surface area contributed by atoms with E-state index in [9.17, 15) is 4.79 Å². The third kappa shape index (κ3) is 6.04. The Labute approximate surface area is 174 Å². The SMILES string of the molecule is CCNCCNc1ccc2c(NC(=O)CC3C=C(C(C)C)CCC3)cccc2n1. The topological polar surface area (TPSA) is 66.0 Å². The molecule has 0 spiro atoms. The molecule has 2 aromatic rings. The molecular weight excluding hydrogens is 360 g/mol. The van der Waals surface area contributed by atoms with Gasteiger partial charge in [0.15, 0.2) is 0 Å². The third-order valence-corrected chi connectivity index (χ3v) is 5.54. The first-order chi connectivity index (χ1) is 14.1. The molecular formula is C24H34N4O. The minimum atomic E-state index is 0.0802. The summed E-state index contributed by atoms with van der Waals surface area (Å²) in [5.41, 5.74) is 3.22. The highest BCUT2D eigenvalue weighted by Crippen LogP contribution is 2.30. The second-order valence-electron chi connectivity index (χ2n) is 8.15. The van der Waals surface area contributed by atoms with Crippen molar-refractivity contribution in [1.82, 2.24) is 10.3 Å². The molecule has 5 nitrogen and oxygen atoms in total. The number of carbonyl (C=O) groups is 1. The smallest absolute Gasteiger partial charge is 0.224 e. The van der Waals surface area contributed by atoms with Crippen LogP contribution >= 0.6 is 0 Å². The van der Waals surface area contributed by atoms with E-state index < -0.39 is 0 Å². The van der Waals surface area contributed by atoms with Crippen molar-refractivity contribution in [2.75, 3.05) is 30.3 Å². The second kappa shape index (κ2) is 10.4. The number of hydrogen-bond donors (Lipinski definition) is 3. The van der Waals surface area contributed by atoms with E-state index in [1.807, 2.05) is 30.3 Å². The average molecular weight is 395 g/mol. The van der Waals surface area contributed by atoms with Crippen molar-refractivity contribution in [1.29, 1.82) is 0 Å². The molecule has 0 saturated heterocycles. The van der Waals surface area contributed by atoms with Gasteiger partial charge in [0.25, 0.3) is 0 Å². The standard InChI is InChI=1S/C24H34N4O/c1-4-25-13-14-26-23-12-11-20-21(27-23)9-6-10-22(20)28-24(29)16-18-7-5-8-19(15-18)17(2)3/h6,9-12,15,17-18,25H,4-5,7-8,13-14,16H2,1-3H3,(H,26,27)(H,28,29). The normalized spacial score (nSPS) is 16.7. The van der Waals surface area contributed by atoms with Crippen LogP contribution in [-0.2, 0) is 4.79 Å². The molecule has 1 aromatic heterocycles. The minimum absolute atomic E-state index is 0.0802. The third-order valence-electron chi connectivity index (χ3n) is 5.54. The van der Waals surface area contributed by atoms with Gasteiger partial charge in [-0.25, -0.2) is 4.98 Å². The highest BCUT2D eigenvalue weighted by atomic mass is 16.1. The number of nitrogens with zero attached hydrogens (tertiary/aromatic N) is 1. The second-order valence-corrected chi connectivity index (χ2v) is 8.15. The Morgan fingerprint density at radius 1 is 1.21 bits per heavy atom. The fraction of sp³-hybridized carbons (Fsp3) is 0.500. The maximum atomic E-state index is 12.7. The summed E-state index contributed by atoms with van der Waals surface area (Å²) >= 11 is 0. The molecule has 0 bridgehead atoms. The number of allylic oxidation sites excluding steroid dienone is 2. The van der Waals surface area contributed by atoms with Crippen molar-refractivity contribution in [2.45, 2.75) is 46.5 Å². The zero-order valence-electron chi connectivity index (χ0n) is 17.9. The van der Waals surface area contributed by atoms with E-state index in [0.717, 1.165) is 48.5 Å². The molecule has 1 heterocycles. The van der Waals surface area contributed by atoms with E-state index in [0.29, 0.717) is 18.3 Å². The van der Waals surface area contributed by atoms with Crippen LogP contribution in [0.15, 0.2) is 42.0 Å². The molecule has 1 atom stereocenters. The Kier molecular flexibility index (Phi) is 7.64. The summed E-state index contributed by atoms with van der Waals surface area (Å²) in [4.78, 5) is 17.4. The first-order valence-electron chi connectivity index (χ1n) is 10.9. The van der Waals surface area contributed by atoms with Crippen molar-refractivity contribution in [3.8, 4) is 0 Å². The molecule has 3 N–H and O–H groups in total. The molecule has 0 saturated carbocycles. The molecule has 0 fully saturated rings. The largest absolute Gasteiger partial charge is 0.369 e. The molecule has 5 heteroatoms. The van der Waals surface area contributed by atoms with E-state index in [4.69, 9.17) is 0 Å². The van der Waals surface area contributed by atoms with Crippen LogP contribution in [0.25, 0.3) is 10.9 Å².